The Morgan fingerprint density at radius 2 is 1.93 bits per heavy atom. The maximum absolute atomic E-state index is 3.47. The van der Waals surface area contributed by atoms with Crippen molar-refractivity contribution >= 4 is 0 Å². The molecule has 0 amide bonds. The molecule has 2 atom stereocenters. The molecule has 2 heteroatoms. The van der Waals surface area contributed by atoms with E-state index >= 15 is 0 Å². The van der Waals surface area contributed by atoms with Gasteiger partial charge in [0.2, 0.25) is 0 Å². The maximum Gasteiger partial charge on any atom is 0.0108 e. The summed E-state index contributed by atoms with van der Waals surface area (Å²) in [5.74, 6) is 1.86. The van der Waals surface area contributed by atoms with Crippen LogP contribution in [0.4, 0.5) is 0 Å². The van der Waals surface area contributed by atoms with Gasteiger partial charge in [-0.1, -0.05) is 6.92 Å². The molecule has 2 rings (SSSR count). The average Bonchev–Trinajstić information content (AvgIpc) is 2.71. The Labute approximate surface area is 88.1 Å². The van der Waals surface area contributed by atoms with Gasteiger partial charge < -0.3 is 10.2 Å². The van der Waals surface area contributed by atoms with Crippen molar-refractivity contribution in [1.29, 1.82) is 0 Å². The third-order valence-corrected chi connectivity index (χ3v) is 4.17. The smallest absolute Gasteiger partial charge is 0.0108 e. The van der Waals surface area contributed by atoms with E-state index in [1.165, 1.54) is 45.4 Å². The van der Waals surface area contributed by atoms with Crippen molar-refractivity contribution in [2.24, 2.45) is 11.8 Å². The summed E-state index contributed by atoms with van der Waals surface area (Å²) in [4.78, 5) is 2.71. The number of hydrogen-bond donors (Lipinski definition) is 1. The maximum atomic E-state index is 3.47. The van der Waals surface area contributed by atoms with E-state index in [9.17, 15) is 0 Å². The number of piperidine rings is 1. The predicted octanol–water partition coefficient (Wildman–Crippen LogP) is 1.72. The molecular formula is C12H24N2. The molecule has 2 nitrogen and oxygen atoms in total. The number of rotatable bonds is 2. The highest BCUT2D eigenvalue weighted by Crippen LogP contribution is 2.23. The quantitative estimate of drug-likeness (QED) is 0.723. The average molecular weight is 196 g/mol. The fraction of sp³-hybridized carbons (Fsp3) is 1.00. The minimum atomic E-state index is 0.803. The normalized spacial score (nSPS) is 33.4. The van der Waals surface area contributed by atoms with Gasteiger partial charge in [0.25, 0.3) is 0 Å². The molecule has 0 saturated carbocycles. The molecule has 14 heavy (non-hydrogen) atoms. The van der Waals surface area contributed by atoms with E-state index in [2.05, 4.69) is 24.1 Å². The third-order valence-electron chi connectivity index (χ3n) is 4.17. The Bertz CT molecular complexity index is 167. The summed E-state index contributed by atoms with van der Waals surface area (Å²) in [6.07, 6.45) is 4.20. The molecule has 2 aliphatic heterocycles. The molecule has 2 heterocycles. The molecule has 0 radical (unpaired) electrons. The fourth-order valence-electron chi connectivity index (χ4n) is 2.82. The molecular weight excluding hydrogens is 172 g/mol. The van der Waals surface area contributed by atoms with Crippen molar-refractivity contribution in [2.75, 3.05) is 26.2 Å². The van der Waals surface area contributed by atoms with Crippen LogP contribution in [-0.4, -0.2) is 37.1 Å². The monoisotopic (exact) mass is 196 g/mol. The third kappa shape index (κ3) is 2.29. The first-order valence-corrected chi connectivity index (χ1v) is 6.22. The van der Waals surface area contributed by atoms with Crippen LogP contribution in [0.2, 0.25) is 0 Å². The Hall–Kier alpha value is -0.0800. The largest absolute Gasteiger partial charge is 0.316 e. The molecule has 0 bridgehead atoms. The summed E-state index contributed by atoms with van der Waals surface area (Å²) < 4.78 is 0. The summed E-state index contributed by atoms with van der Waals surface area (Å²) in [6.45, 7) is 9.96. The van der Waals surface area contributed by atoms with Crippen molar-refractivity contribution in [1.82, 2.24) is 10.2 Å². The lowest BCUT2D eigenvalue weighted by Crippen LogP contribution is -2.43. The van der Waals surface area contributed by atoms with Crippen LogP contribution in [0.3, 0.4) is 0 Å². The zero-order valence-electron chi connectivity index (χ0n) is 9.63. The van der Waals surface area contributed by atoms with Gasteiger partial charge in [-0.05, 0) is 64.2 Å². The summed E-state index contributed by atoms with van der Waals surface area (Å²) in [7, 11) is 0. The van der Waals surface area contributed by atoms with Crippen molar-refractivity contribution in [3.63, 3.8) is 0 Å². The molecule has 2 unspecified atom stereocenters. The van der Waals surface area contributed by atoms with Gasteiger partial charge in [-0.25, -0.2) is 0 Å². The minimum Gasteiger partial charge on any atom is -0.316 e. The van der Waals surface area contributed by atoms with Crippen LogP contribution in [0.25, 0.3) is 0 Å². The van der Waals surface area contributed by atoms with Crippen LogP contribution in [0, 0.1) is 11.8 Å². The topological polar surface area (TPSA) is 15.3 Å². The molecule has 2 fully saturated rings. The van der Waals surface area contributed by atoms with Crippen molar-refractivity contribution in [3.05, 3.63) is 0 Å². The Kier molecular flexibility index (Phi) is 3.45. The molecule has 0 spiro atoms. The van der Waals surface area contributed by atoms with Crippen molar-refractivity contribution in [3.8, 4) is 0 Å². The molecule has 0 aromatic heterocycles. The lowest BCUT2D eigenvalue weighted by atomic mass is 9.93. The van der Waals surface area contributed by atoms with E-state index in [1.807, 2.05) is 0 Å². The number of nitrogens with zero attached hydrogens (tertiary/aromatic N) is 1. The van der Waals surface area contributed by atoms with Gasteiger partial charge in [-0.2, -0.15) is 0 Å². The highest BCUT2D eigenvalue weighted by molar-refractivity contribution is 4.84. The van der Waals surface area contributed by atoms with Crippen molar-refractivity contribution in [2.45, 2.75) is 39.2 Å². The van der Waals surface area contributed by atoms with Crippen LogP contribution in [0.15, 0.2) is 0 Å². The van der Waals surface area contributed by atoms with E-state index in [1.54, 1.807) is 0 Å². The molecule has 0 aromatic carbocycles. The first kappa shape index (κ1) is 10.4. The van der Waals surface area contributed by atoms with Crippen molar-refractivity contribution < 1.29 is 0 Å². The minimum absolute atomic E-state index is 0.803. The predicted molar refractivity (Wildman–Crippen MR) is 60.4 cm³/mol. The zero-order valence-corrected chi connectivity index (χ0v) is 9.63. The Morgan fingerprint density at radius 1 is 1.21 bits per heavy atom. The van der Waals surface area contributed by atoms with Gasteiger partial charge in [0.1, 0.15) is 0 Å². The Morgan fingerprint density at radius 3 is 2.50 bits per heavy atom. The highest BCUT2D eigenvalue weighted by Gasteiger charge is 2.28. The van der Waals surface area contributed by atoms with Gasteiger partial charge >= 0.3 is 0 Å². The SMILES string of the molecule is CC1CCN(C(C)C2CCNC2)CC1. The van der Waals surface area contributed by atoms with Crippen LogP contribution in [0.1, 0.15) is 33.1 Å². The lowest BCUT2D eigenvalue weighted by Gasteiger charge is -2.37. The second-order valence-electron chi connectivity index (χ2n) is 5.21. The first-order chi connectivity index (χ1) is 6.77. The van der Waals surface area contributed by atoms with Crippen LogP contribution < -0.4 is 5.32 Å². The van der Waals surface area contributed by atoms with E-state index in [4.69, 9.17) is 0 Å². The molecule has 0 aromatic rings. The van der Waals surface area contributed by atoms with E-state index in [-0.39, 0.29) is 0 Å². The molecule has 2 aliphatic rings. The standard InChI is InChI=1S/C12H24N2/c1-10-4-7-14(8-5-10)11(2)12-3-6-13-9-12/h10-13H,3-9H2,1-2H3. The van der Waals surface area contributed by atoms with Crippen LogP contribution >= 0.6 is 0 Å². The highest BCUT2D eigenvalue weighted by atomic mass is 15.2. The summed E-state index contributed by atoms with van der Waals surface area (Å²) in [5, 5.41) is 3.47. The van der Waals surface area contributed by atoms with E-state index in [0.29, 0.717) is 0 Å². The van der Waals surface area contributed by atoms with Gasteiger partial charge in [0.05, 0.1) is 0 Å². The number of hydrogen-bond acceptors (Lipinski definition) is 2. The lowest BCUT2D eigenvalue weighted by molar-refractivity contribution is 0.114. The first-order valence-electron chi connectivity index (χ1n) is 6.22. The second kappa shape index (κ2) is 4.63. The van der Waals surface area contributed by atoms with Gasteiger partial charge in [0, 0.05) is 6.04 Å². The molecule has 0 aliphatic carbocycles. The molecule has 2 saturated heterocycles. The Balaban J connectivity index is 1.82. The fourth-order valence-corrected chi connectivity index (χ4v) is 2.82. The summed E-state index contributed by atoms with van der Waals surface area (Å²) >= 11 is 0. The van der Waals surface area contributed by atoms with Crippen LogP contribution in [-0.2, 0) is 0 Å². The zero-order chi connectivity index (χ0) is 9.97. The molecule has 82 valence electrons. The summed E-state index contributed by atoms with van der Waals surface area (Å²) in [6, 6.07) is 0.803. The van der Waals surface area contributed by atoms with E-state index < -0.39 is 0 Å². The second-order valence-corrected chi connectivity index (χ2v) is 5.21. The van der Waals surface area contributed by atoms with Gasteiger partial charge in [0.15, 0.2) is 0 Å². The number of likely N-dealkylation sites (tertiary alicyclic amines) is 1. The molecule has 1 N–H and O–H groups in total. The van der Waals surface area contributed by atoms with E-state index in [0.717, 1.165) is 17.9 Å². The van der Waals surface area contributed by atoms with Crippen LogP contribution in [0.5, 0.6) is 0 Å². The number of nitrogens with one attached hydrogen (secondary N) is 1. The van der Waals surface area contributed by atoms with Gasteiger partial charge in [-0.3, -0.25) is 0 Å². The summed E-state index contributed by atoms with van der Waals surface area (Å²) in [5.41, 5.74) is 0. The van der Waals surface area contributed by atoms with Gasteiger partial charge in [-0.15, -0.1) is 0 Å².